The first kappa shape index (κ1) is 13.7. The number of carboxylic acid groups (broad SMARTS) is 1. The molecular weight excluding hydrogens is 264 g/mol. The van der Waals surface area contributed by atoms with Crippen molar-refractivity contribution in [2.24, 2.45) is 0 Å². The lowest BCUT2D eigenvalue weighted by Gasteiger charge is -2.05. The average Bonchev–Trinajstić information content (AvgIpc) is 3.07. The number of urea groups is 1. The lowest BCUT2D eigenvalue weighted by molar-refractivity contribution is 0.0660. The Kier molecular flexibility index (Phi) is 4.43. The van der Waals surface area contributed by atoms with Crippen molar-refractivity contribution in [3.05, 3.63) is 47.8 Å². The van der Waals surface area contributed by atoms with E-state index in [0.29, 0.717) is 18.7 Å². The van der Waals surface area contributed by atoms with E-state index in [1.807, 2.05) is 6.07 Å². The number of carboxylic acids is 1. The van der Waals surface area contributed by atoms with Crippen LogP contribution in [0.25, 0.3) is 0 Å². The zero-order valence-corrected chi connectivity index (χ0v) is 10.6. The molecule has 0 spiro atoms. The van der Waals surface area contributed by atoms with Crippen molar-refractivity contribution in [2.45, 2.75) is 13.0 Å². The molecule has 0 aromatic carbocycles. The molecule has 2 rings (SSSR count). The van der Waals surface area contributed by atoms with E-state index in [4.69, 9.17) is 13.9 Å². The fourth-order valence-electron chi connectivity index (χ4n) is 1.57. The van der Waals surface area contributed by atoms with Crippen LogP contribution in [0.4, 0.5) is 4.79 Å². The number of nitrogens with one attached hydrogen (secondary N) is 2. The third kappa shape index (κ3) is 3.91. The maximum absolute atomic E-state index is 11.5. The summed E-state index contributed by atoms with van der Waals surface area (Å²) in [6, 6.07) is 6.10. The first-order valence-electron chi connectivity index (χ1n) is 6.01. The van der Waals surface area contributed by atoms with E-state index in [-0.39, 0.29) is 18.3 Å². The number of hydrogen-bond acceptors (Lipinski definition) is 4. The number of carbonyl (C=O) groups excluding carboxylic acids is 1. The molecule has 0 fully saturated rings. The van der Waals surface area contributed by atoms with Crippen molar-refractivity contribution in [2.75, 3.05) is 6.54 Å². The highest BCUT2D eigenvalue weighted by Crippen LogP contribution is 2.07. The van der Waals surface area contributed by atoms with Crippen LogP contribution in [0.5, 0.6) is 0 Å². The maximum Gasteiger partial charge on any atom is 0.371 e. The van der Waals surface area contributed by atoms with E-state index < -0.39 is 5.97 Å². The summed E-state index contributed by atoms with van der Waals surface area (Å²) in [6.45, 7) is 0.567. The summed E-state index contributed by atoms with van der Waals surface area (Å²) < 4.78 is 10.1. The van der Waals surface area contributed by atoms with Crippen LogP contribution in [-0.2, 0) is 13.0 Å². The van der Waals surface area contributed by atoms with Crippen LogP contribution in [0.15, 0.2) is 39.4 Å². The summed E-state index contributed by atoms with van der Waals surface area (Å²) in [5.74, 6) is -0.120. The molecule has 106 valence electrons. The monoisotopic (exact) mass is 278 g/mol. The first-order chi connectivity index (χ1) is 9.65. The molecule has 0 atom stereocenters. The van der Waals surface area contributed by atoms with E-state index in [1.54, 1.807) is 12.3 Å². The van der Waals surface area contributed by atoms with Crippen LogP contribution < -0.4 is 10.6 Å². The van der Waals surface area contributed by atoms with Gasteiger partial charge in [-0.1, -0.05) is 0 Å². The van der Waals surface area contributed by atoms with Gasteiger partial charge in [-0.05, 0) is 24.3 Å². The van der Waals surface area contributed by atoms with Crippen LogP contribution >= 0.6 is 0 Å². The Morgan fingerprint density at radius 3 is 2.65 bits per heavy atom. The van der Waals surface area contributed by atoms with E-state index in [1.165, 1.54) is 12.1 Å². The maximum atomic E-state index is 11.5. The summed E-state index contributed by atoms with van der Waals surface area (Å²) in [5, 5.41) is 13.9. The molecule has 0 saturated carbocycles. The molecule has 7 heteroatoms. The topological polar surface area (TPSA) is 105 Å². The molecule has 0 radical (unpaired) electrons. The molecule has 0 aliphatic rings. The van der Waals surface area contributed by atoms with Gasteiger partial charge in [0.2, 0.25) is 5.76 Å². The van der Waals surface area contributed by atoms with E-state index in [0.717, 1.165) is 5.76 Å². The second-order valence-electron chi connectivity index (χ2n) is 4.01. The second kappa shape index (κ2) is 6.46. The smallest absolute Gasteiger partial charge is 0.371 e. The van der Waals surface area contributed by atoms with Crippen molar-refractivity contribution in [3.63, 3.8) is 0 Å². The molecule has 2 heterocycles. The van der Waals surface area contributed by atoms with Crippen LogP contribution in [0, 0.1) is 0 Å². The second-order valence-corrected chi connectivity index (χ2v) is 4.01. The zero-order chi connectivity index (χ0) is 14.4. The van der Waals surface area contributed by atoms with Gasteiger partial charge in [0.1, 0.15) is 11.5 Å². The number of carbonyl (C=O) groups is 2. The van der Waals surface area contributed by atoms with Gasteiger partial charge in [-0.2, -0.15) is 0 Å². The van der Waals surface area contributed by atoms with Gasteiger partial charge in [0.15, 0.2) is 0 Å². The lowest BCUT2D eigenvalue weighted by Crippen LogP contribution is -2.36. The van der Waals surface area contributed by atoms with Crippen LogP contribution in [0.2, 0.25) is 0 Å². The molecule has 3 N–H and O–H groups in total. The lowest BCUT2D eigenvalue weighted by atomic mass is 10.3. The minimum Gasteiger partial charge on any atom is -0.475 e. The fourth-order valence-corrected chi connectivity index (χ4v) is 1.57. The molecule has 0 aliphatic carbocycles. The van der Waals surface area contributed by atoms with Gasteiger partial charge in [0.05, 0.1) is 12.8 Å². The number of aromatic carboxylic acids is 1. The zero-order valence-electron chi connectivity index (χ0n) is 10.6. The van der Waals surface area contributed by atoms with Crippen molar-refractivity contribution < 1.29 is 23.5 Å². The van der Waals surface area contributed by atoms with Crippen LogP contribution in [-0.4, -0.2) is 23.7 Å². The molecular formula is C13H14N2O5. The van der Waals surface area contributed by atoms with Gasteiger partial charge >= 0.3 is 12.0 Å². The highest BCUT2D eigenvalue weighted by molar-refractivity contribution is 5.84. The Bertz CT molecular complexity index is 573. The number of hydrogen-bond donors (Lipinski definition) is 3. The Morgan fingerprint density at radius 2 is 2.00 bits per heavy atom. The minimum atomic E-state index is -1.14. The Balaban J connectivity index is 1.67. The summed E-state index contributed by atoms with van der Waals surface area (Å²) in [7, 11) is 0. The van der Waals surface area contributed by atoms with E-state index in [9.17, 15) is 9.59 Å². The highest BCUT2D eigenvalue weighted by Gasteiger charge is 2.09. The van der Waals surface area contributed by atoms with Crippen molar-refractivity contribution in [1.82, 2.24) is 10.6 Å². The number of amides is 2. The highest BCUT2D eigenvalue weighted by atomic mass is 16.4. The van der Waals surface area contributed by atoms with Gasteiger partial charge < -0.3 is 24.6 Å². The fraction of sp³-hybridized carbons (Fsp3) is 0.231. The average molecular weight is 278 g/mol. The predicted molar refractivity (Wildman–Crippen MR) is 68.3 cm³/mol. The van der Waals surface area contributed by atoms with Crippen molar-refractivity contribution in [1.29, 1.82) is 0 Å². The quantitative estimate of drug-likeness (QED) is 0.744. The normalized spacial score (nSPS) is 10.2. The molecule has 7 nitrogen and oxygen atoms in total. The predicted octanol–water partition coefficient (Wildman–Crippen LogP) is 1.61. The van der Waals surface area contributed by atoms with E-state index >= 15 is 0 Å². The molecule has 2 amide bonds. The van der Waals surface area contributed by atoms with Gasteiger partial charge in [-0.3, -0.25) is 0 Å². The van der Waals surface area contributed by atoms with Gasteiger partial charge in [-0.15, -0.1) is 0 Å². The third-order valence-electron chi connectivity index (χ3n) is 2.53. The summed E-state index contributed by atoms with van der Waals surface area (Å²) in [4.78, 5) is 22.1. The van der Waals surface area contributed by atoms with Crippen molar-refractivity contribution in [3.8, 4) is 0 Å². The number of furan rings is 2. The first-order valence-corrected chi connectivity index (χ1v) is 6.01. The number of rotatable bonds is 6. The Hall–Kier alpha value is -2.70. The largest absolute Gasteiger partial charge is 0.475 e. The molecule has 0 aliphatic heterocycles. The van der Waals surface area contributed by atoms with Gasteiger partial charge in [0, 0.05) is 13.0 Å². The summed E-state index contributed by atoms with van der Waals surface area (Å²) in [5.41, 5.74) is 0. The van der Waals surface area contributed by atoms with Crippen LogP contribution in [0.1, 0.15) is 22.1 Å². The summed E-state index contributed by atoms with van der Waals surface area (Å²) in [6.07, 6.45) is 2.18. The van der Waals surface area contributed by atoms with Gasteiger partial charge in [-0.25, -0.2) is 9.59 Å². The van der Waals surface area contributed by atoms with E-state index in [2.05, 4.69) is 10.6 Å². The standard InChI is InChI=1S/C13H14N2O5/c16-12(17)11-4-3-10(20-11)8-15-13(18)14-6-5-9-2-1-7-19-9/h1-4,7H,5-6,8H2,(H,16,17)(H2,14,15,18). The van der Waals surface area contributed by atoms with Crippen molar-refractivity contribution >= 4 is 12.0 Å². The molecule has 0 saturated heterocycles. The molecule has 20 heavy (non-hydrogen) atoms. The van der Waals surface area contributed by atoms with Gasteiger partial charge in [0.25, 0.3) is 0 Å². The summed E-state index contributed by atoms with van der Waals surface area (Å²) >= 11 is 0. The SMILES string of the molecule is O=C(NCCc1ccco1)NCc1ccc(C(=O)O)o1. The molecule has 0 unspecified atom stereocenters. The van der Waals surface area contributed by atoms with Crippen LogP contribution in [0.3, 0.4) is 0 Å². The minimum absolute atomic E-state index is 0.125. The molecule has 2 aromatic rings. The Labute approximate surface area is 114 Å². The Morgan fingerprint density at radius 1 is 1.15 bits per heavy atom. The third-order valence-corrected chi connectivity index (χ3v) is 2.53. The molecule has 2 aromatic heterocycles. The molecule has 0 bridgehead atoms.